The minimum atomic E-state index is -1.12. The quantitative estimate of drug-likeness (QED) is 0.874. The summed E-state index contributed by atoms with van der Waals surface area (Å²) in [5.41, 5.74) is 0.959. The molecule has 2 aromatic rings. The number of benzene rings is 1. The van der Waals surface area contributed by atoms with Crippen molar-refractivity contribution in [3.8, 4) is 0 Å². The summed E-state index contributed by atoms with van der Waals surface area (Å²) in [6.45, 7) is 1.91. The summed E-state index contributed by atoms with van der Waals surface area (Å²) >= 11 is 0. The topological polar surface area (TPSA) is 102 Å². The average molecular weight is 290 g/mol. The van der Waals surface area contributed by atoms with Crippen molar-refractivity contribution in [3.63, 3.8) is 0 Å². The lowest BCUT2D eigenvalue weighted by atomic mass is 10.1. The molecule has 0 bridgehead atoms. The van der Waals surface area contributed by atoms with Gasteiger partial charge < -0.3 is 19.7 Å². The summed E-state index contributed by atoms with van der Waals surface area (Å²) in [4.78, 5) is 23.3. The van der Waals surface area contributed by atoms with E-state index < -0.39 is 11.9 Å². The number of aromatic carboxylic acids is 1. The van der Waals surface area contributed by atoms with Crippen LogP contribution in [0.5, 0.6) is 0 Å². The number of carboxylic acids is 1. The van der Waals surface area contributed by atoms with Crippen molar-refractivity contribution in [1.29, 1.82) is 0 Å². The number of anilines is 1. The molecule has 0 saturated heterocycles. The molecule has 0 fully saturated rings. The van der Waals surface area contributed by atoms with E-state index in [0.717, 1.165) is 0 Å². The Hall–Kier alpha value is -2.67. The zero-order valence-corrected chi connectivity index (χ0v) is 11.5. The summed E-state index contributed by atoms with van der Waals surface area (Å²) in [6, 6.07) is 6.18. The van der Waals surface area contributed by atoms with E-state index in [0.29, 0.717) is 11.3 Å². The van der Waals surface area contributed by atoms with Crippen LogP contribution in [0.25, 0.3) is 0 Å². The number of para-hydroxylation sites is 1. The monoisotopic (exact) mass is 290 g/mol. The van der Waals surface area contributed by atoms with Crippen molar-refractivity contribution >= 4 is 17.6 Å². The predicted octanol–water partition coefficient (Wildman–Crippen LogP) is 2.08. The number of rotatable bonds is 5. The Kier molecular flexibility index (Phi) is 4.34. The van der Waals surface area contributed by atoms with Crippen LogP contribution < -0.4 is 5.32 Å². The largest absolute Gasteiger partial charge is 0.478 e. The number of carbonyl (C=O) groups is 2. The number of nitrogens with one attached hydrogen (secondary N) is 1. The second kappa shape index (κ2) is 6.19. The standard InChI is InChI=1S/C14H14N2O5/c1-8-4-3-5-10(14(18)19)12(8)15-13(17)11-6-9(7-20-2)21-16-11/h3-6H,7H2,1-2H3,(H,15,17)(H,18,19). The van der Waals surface area contributed by atoms with E-state index >= 15 is 0 Å². The van der Waals surface area contributed by atoms with Crippen LogP contribution >= 0.6 is 0 Å². The van der Waals surface area contributed by atoms with Gasteiger partial charge in [-0.1, -0.05) is 17.3 Å². The van der Waals surface area contributed by atoms with E-state index in [1.165, 1.54) is 19.2 Å². The molecule has 1 aromatic heterocycles. The van der Waals surface area contributed by atoms with Gasteiger partial charge in [0, 0.05) is 13.2 Å². The lowest BCUT2D eigenvalue weighted by molar-refractivity contribution is 0.0698. The minimum absolute atomic E-state index is 0.0176. The van der Waals surface area contributed by atoms with Gasteiger partial charge in [0.05, 0.1) is 11.3 Å². The molecule has 2 N–H and O–H groups in total. The molecule has 0 unspecified atom stereocenters. The van der Waals surface area contributed by atoms with E-state index in [4.69, 9.17) is 14.4 Å². The Bertz CT molecular complexity index is 678. The van der Waals surface area contributed by atoms with Gasteiger partial charge in [-0.15, -0.1) is 0 Å². The molecule has 1 amide bonds. The molecule has 0 aliphatic heterocycles. The number of aromatic nitrogens is 1. The maximum atomic E-state index is 12.1. The molecule has 0 spiro atoms. The van der Waals surface area contributed by atoms with Crippen LogP contribution in [0.3, 0.4) is 0 Å². The first-order chi connectivity index (χ1) is 10.0. The summed E-state index contributed by atoms with van der Waals surface area (Å²) < 4.78 is 9.79. The first-order valence-electron chi connectivity index (χ1n) is 6.11. The van der Waals surface area contributed by atoms with Crippen LogP contribution in [0.1, 0.15) is 32.2 Å². The Balaban J connectivity index is 2.25. The lowest BCUT2D eigenvalue weighted by Gasteiger charge is -2.10. The molecular formula is C14H14N2O5. The van der Waals surface area contributed by atoms with Crippen molar-refractivity contribution < 1.29 is 24.0 Å². The molecule has 7 heteroatoms. The third-order valence-corrected chi connectivity index (χ3v) is 2.82. The third kappa shape index (κ3) is 3.26. The Labute approximate surface area is 120 Å². The van der Waals surface area contributed by atoms with E-state index in [2.05, 4.69) is 10.5 Å². The van der Waals surface area contributed by atoms with Gasteiger partial charge in [0.15, 0.2) is 11.5 Å². The number of hydrogen-bond acceptors (Lipinski definition) is 5. The fourth-order valence-electron chi connectivity index (χ4n) is 1.82. The van der Waals surface area contributed by atoms with Crippen LogP contribution in [0, 0.1) is 6.92 Å². The molecule has 1 aromatic carbocycles. The molecule has 0 aliphatic carbocycles. The van der Waals surface area contributed by atoms with Gasteiger partial charge in [-0.05, 0) is 18.6 Å². The van der Waals surface area contributed by atoms with Gasteiger partial charge in [0.1, 0.15) is 6.61 Å². The maximum Gasteiger partial charge on any atom is 0.337 e. The molecule has 110 valence electrons. The van der Waals surface area contributed by atoms with Crippen LogP contribution in [-0.2, 0) is 11.3 Å². The summed E-state index contributed by atoms with van der Waals surface area (Å²) in [5, 5.41) is 15.3. The number of amides is 1. The van der Waals surface area contributed by atoms with Crippen LogP contribution in [-0.4, -0.2) is 29.2 Å². The van der Waals surface area contributed by atoms with Crippen LogP contribution in [0.2, 0.25) is 0 Å². The van der Waals surface area contributed by atoms with E-state index in [1.807, 2.05) is 0 Å². The summed E-state index contributed by atoms with van der Waals surface area (Å²) in [6.07, 6.45) is 0. The van der Waals surface area contributed by atoms with Crippen molar-refractivity contribution in [2.75, 3.05) is 12.4 Å². The highest BCUT2D eigenvalue weighted by Gasteiger charge is 2.18. The van der Waals surface area contributed by atoms with Crippen LogP contribution in [0.15, 0.2) is 28.8 Å². The molecule has 0 aliphatic rings. The Morgan fingerprint density at radius 2 is 2.19 bits per heavy atom. The molecule has 2 rings (SSSR count). The number of carboxylic acid groups (broad SMARTS) is 1. The number of ether oxygens (including phenoxy) is 1. The van der Waals surface area contributed by atoms with Crippen molar-refractivity contribution in [2.24, 2.45) is 0 Å². The average Bonchev–Trinajstić information content (AvgIpc) is 2.90. The molecule has 0 atom stereocenters. The Morgan fingerprint density at radius 1 is 1.43 bits per heavy atom. The van der Waals surface area contributed by atoms with Crippen molar-refractivity contribution in [1.82, 2.24) is 5.16 Å². The van der Waals surface area contributed by atoms with Crippen LogP contribution in [0.4, 0.5) is 5.69 Å². The number of carbonyl (C=O) groups excluding carboxylic acids is 1. The normalized spacial score (nSPS) is 10.4. The molecular weight excluding hydrogens is 276 g/mol. The fourth-order valence-corrected chi connectivity index (χ4v) is 1.82. The van der Waals surface area contributed by atoms with Gasteiger partial charge in [-0.3, -0.25) is 4.79 Å². The molecule has 21 heavy (non-hydrogen) atoms. The SMILES string of the molecule is COCc1cc(C(=O)Nc2c(C)cccc2C(=O)O)no1. The number of methoxy groups -OCH3 is 1. The third-order valence-electron chi connectivity index (χ3n) is 2.82. The number of aryl methyl sites for hydroxylation is 1. The zero-order chi connectivity index (χ0) is 15.4. The highest BCUT2D eigenvalue weighted by atomic mass is 16.5. The van der Waals surface area contributed by atoms with Gasteiger partial charge in [-0.25, -0.2) is 4.79 Å². The number of hydrogen-bond donors (Lipinski definition) is 2. The Morgan fingerprint density at radius 3 is 2.86 bits per heavy atom. The van der Waals surface area contributed by atoms with Gasteiger partial charge in [0.25, 0.3) is 5.91 Å². The first-order valence-corrected chi connectivity index (χ1v) is 6.11. The molecule has 0 radical (unpaired) electrons. The summed E-state index contributed by atoms with van der Waals surface area (Å²) in [5.74, 6) is -1.25. The fraction of sp³-hybridized carbons (Fsp3) is 0.214. The van der Waals surface area contributed by atoms with E-state index in [9.17, 15) is 9.59 Å². The van der Waals surface area contributed by atoms with Gasteiger partial charge >= 0.3 is 5.97 Å². The van der Waals surface area contributed by atoms with E-state index in [1.54, 1.807) is 19.1 Å². The smallest absolute Gasteiger partial charge is 0.337 e. The lowest BCUT2D eigenvalue weighted by Crippen LogP contribution is -2.16. The molecule has 0 saturated carbocycles. The van der Waals surface area contributed by atoms with Gasteiger partial charge in [0.2, 0.25) is 0 Å². The highest BCUT2D eigenvalue weighted by Crippen LogP contribution is 2.21. The van der Waals surface area contributed by atoms with Crippen molar-refractivity contribution in [2.45, 2.75) is 13.5 Å². The van der Waals surface area contributed by atoms with E-state index in [-0.39, 0.29) is 23.6 Å². The minimum Gasteiger partial charge on any atom is -0.478 e. The first kappa shape index (κ1) is 14.7. The molecule has 7 nitrogen and oxygen atoms in total. The maximum absolute atomic E-state index is 12.1. The second-order valence-corrected chi connectivity index (χ2v) is 4.37. The summed E-state index contributed by atoms with van der Waals surface area (Å²) in [7, 11) is 1.49. The highest BCUT2D eigenvalue weighted by molar-refractivity contribution is 6.07. The zero-order valence-electron chi connectivity index (χ0n) is 11.5. The number of nitrogens with zero attached hydrogens (tertiary/aromatic N) is 1. The van der Waals surface area contributed by atoms with Gasteiger partial charge in [-0.2, -0.15) is 0 Å². The van der Waals surface area contributed by atoms with Crippen molar-refractivity contribution in [3.05, 3.63) is 46.8 Å². The second-order valence-electron chi connectivity index (χ2n) is 4.37. The predicted molar refractivity (Wildman–Crippen MR) is 73.3 cm³/mol. The molecule has 1 heterocycles.